The number of hydrogen-bond acceptors (Lipinski definition) is 1. The van der Waals surface area contributed by atoms with Gasteiger partial charge in [-0.25, -0.2) is 0 Å². The van der Waals surface area contributed by atoms with Gasteiger partial charge in [0.1, 0.15) is 5.88 Å². The first-order valence-electron chi connectivity index (χ1n) is 4.65. The number of rotatable bonds is 2. The molecule has 1 aromatic carbocycles. The number of hydrogen-bond donors (Lipinski definition) is 1. The summed E-state index contributed by atoms with van der Waals surface area (Å²) in [6.45, 7) is 5.99. The lowest BCUT2D eigenvalue weighted by atomic mass is 10.2. The van der Waals surface area contributed by atoms with Gasteiger partial charge >= 0.3 is 0 Å². The molecule has 78 valence electrons. The molecular weight excluding hydrogens is 198 g/mol. The fourth-order valence-corrected chi connectivity index (χ4v) is 0.898. The van der Waals surface area contributed by atoms with Crippen LogP contribution >= 0.6 is 11.6 Å². The zero-order chi connectivity index (χ0) is 11.0. The molecule has 0 aliphatic heterocycles. The van der Waals surface area contributed by atoms with Crippen LogP contribution in [0.25, 0.3) is 0 Å². The average molecular weight is 214 g/mol. The third-order valence-corrected chi connectivity index (χ3v) is 1.70. The number of carbonyl (C=O) groups is 1. The first-order chi connectivity index (χ1) is 6.72. The van der Waals surface area contributed by atoms with Crippen molar-refractivity contribution < 1.29 is 4.79 Å². The van der Waals surface area contributed by atoms with E-state index in [2.05, 4.69) is 5.32 Å². The average Bonchev–Trinajstić information content (AvgIpc) is 2.24. The van der Waals surface area contributed by atoms with Crippen LogP contribution in [0.5, 0.6) is 0 Å². The highest BCUT2D eigenvalue weighted by Crippen LogP contribution is 2.08. The van der Waals surface area contributed by atoms with Gasteiger partial charge in [-0.1, -0.05) is 31.5 Å². The number of aryl methyl sites for hydroxylation is 1. The molecular formula is C11H16ClNO. The predicted octanol–water partition coefficient (Wildman–Crippen LogP) is 3.20. The van der Waals surface area contributed by atoms with E-state index in [1.54, 1.807) is 0 Å². The van der Waals surface area contributed by atoms with Crippen molar-refractivity contribution in [3.8, 4) is 0 Å². The van der Waals surface area contributed by atoms with E-state index in [1.807, 2.05) is 45.0 Å². The highest BCUT2D eigenvalue weighted by molar-refractivity contribution is 6.29. The Balaban J connectivity index is 0.000000791. The molecule has 0 radical (unpaired) electrons. The van der Waals surface area contributed by atoms with E-state index >= 15 is 0 Å². The van der Waals surface area contributed by atoms with Gasteiger partial charge in [-0.05, 0) is 19.1 Å². The molecule has 1 rings (SSSR count). The Labute approximate surface area is 90.3 Å². The van der Waals surface area contributed by atoms with Crippen molar-refractivity contribution >= 4 is 23.2 Å². The summed E-state index contributed by atoms with van der Waals surface area (Å²) < 4.78 is 0. The standard InChI is InChI=1S/C9H10ClNO.C2H6/c1-7-2-4-8(5-3-7)11-9(12)6-10;1-2/h2-5H,6H2,1H3,(H,11,12);1-2H3. The van der Waals surface area contributed by atoms with Gasteiger partial charge in [0, 0.05) is 5.69 Å². The number of amides is 1. The van der Waals surface area contributed by atoms with Gasteiger partial charge in [0.15, 0.2) is 0 Å². The monoisotopic (exact) mass is 213 g/mol. The van der Waals surface area contributed by atoms with Crippen LogP contribution in [0.1, 0.15) is 19.4 Å². The van der Waals surface area contributed by atoms with Gasteiger partial charge in [0.2, 0.25) is 5.91 Å². The lowest BCUT2D eigenvalue weighted by Crippen LogP contribution is -2.12. The van der Waals surface area contributed by atoms with E-state index in [4.69, 9.17) is 11.6 Å². The zero-order valence-corrected chi connectivity index (χ0v) is 9.56. The van der Waals surface area contributed by atoms with Crippen molar-refractivity contribution in [2.45, 2.75) is 20.8 Å². The molecule has 0 aliphatic carbocycles. The molecule has 2 nitrogen and oxygen atoms in total. The molecule has 0 spiro atoms. The summed E-state index contributed by atoms with van der Waals surface area (Å²) >= 11 is 5.32. The first-order valence-corrected chi connectivity index (χ1v) is 5.18. The van der Waals surface area contributed by atoms with Gasteiger partial charge in [-0.2, -0.15) is 0 Å². The van der Waals surface area contributed by atoms with Crippen LogP contribution in [-0.2, 0) is 4.79 Å². The largest absolute Gasteiger partial charge is 0.325 e. The third-order valence-electron chi connectivity index (χ3n) is 1.46. The Morgan fingerprint density at radius 2 is 1.79 bits per heavy atom. The normalized spacial score (nSPS) is 8.57. The van der Waals surface area contributed by atoms with Crippen molar-refractivity contribution in [3.05, 3.63) is 29.8 Å². The Kier molecular flexibility index (Phi) is 6.85. The molecule has 1 amide bonds. The molecule has 0 aromatic heterocycles. The van der Waals surface area contributed by atoms with E-state index in [0.29, 0.717) is 0 Å². The highest BCUT2D eigenvalue weighted by Gasteiger charge is 1.97. The summed E-state index contributed by atoms with van der Waals surface area (Å²) in [5.41, 5.74) is 1.95. The van der Waals surface area contributed by atoms with Crippen molar-refractivity contribution in [2.75, 3.05) is 11.2 Å². The van der Waals surface area contributed by atoms with Gasteiger partial charge in [0.05, 0.1) is 0 Å². The summed E-state index contributed by atoms with van der Waals surface area (Å²) in [6.07, 6.45) is 0. The summed E-state index contributed by atoms with van der Waals surface area (Å²) in [5, 5.41) is 2.65. The highest BCUT2D eigenvalue weighted by atomic mass is 35.5. The first kappa shape index (κ1) is 13.0. The Bertz CT molecular complexity index is 269. The van der Waals surface area contributed by atoms with E-state index in [9.17, 15) is 4.79 Å². The molecule has 3 heteroatoms. The van der Waals surface area contributed by atoms with Crippen molar-refractivity contribution in [3.63, 3.8) is 0 Å². The van der Waals surface area contributed by atoms with Gasteiger partial charge in [-0.15, -0.1) is 11.6 Å². The lowest BCUT2D eigenvalue weighted by molar-refractivity contribution is -0.113. The van der Waals surface area contributed by atoms with Crippen LogP contribution in [-0.4, -0.2) is 11.8 Å². The van der Waals surface area contributed by atoms with E-state index in [-0.39, 0.29) is 11.8 Å². The lowest BCUT2D eigenvalue weighted by Gasteiger charge is -2.01. The SMILES string of the molecule is CC.Cc1ccc(NC(=O)CCl)cc1. The van der Waals surface area contributed by atoms with Crippen LogP contribution < -0.4 is 5.32 Å². The number of alkyl halides is 1. The summed E-state index contributed by atoms with van der Waals surface area (Å²) in [6, 6.07) is 7.56. The summed E-state index contributed by atoms with van der Waals surface area (Å²) in [4.78, 5) is 10.8. The van der Waals surface area contributed by atoms with Crippen molar-refractivity contribution in [1.29, 1.82) is 0 Å². The number of carbonyl (C=O) groups excluding carboxylic acids is 1. The number of benzene rings is 1. The Morgan fingerprint density at radius 3 is 2.21 bits per heavy atom. The smallest absolute Gasteiger partial charge is 0.239 e. The molecule has 1 N–H and O–H groups in total. The maximum absolute atomic E-state index is 10.8. The van der Waals surface area contributed by atoms with Crippen LogP contribution in [0.4, 0.5) is 5.69 Å². The second-order valence-corrected chi connectivity index (χ2v) is 2.82. The van der Waals surface area contributed by atoms with E-state index in [1.165, 1.54) is 5.56 Å². The minimum atomic E-state index is -0.180. The molecule has 1 aromatic rings. The quantitative estimate of drug-likeness (QED) is 0.752. The van der Waals surface area contributed by atoms with Gasteiger partial charge in [0.25, 0.3) is 0 Å². The molecule has 0 heterocycles. The zero-order valence-electron chi connectivity index (χ0n) is 8.80. The summed E-state index contributed by atoms with van der Waals surface area (Å²) in [5.74, 6) is -0.186. The number of nitrogens with one attached hydrogen (secondary N) is 1. The molecule has 0 aliphatic rings. The van der Waals surface area contributed by atoms with Gasteiger partial charge in [-0.3, -0.25) is 4.79 Å². The van der Waals surface area contributed by atoms with Crippen LogP contribution in [0, 0.1) is 6.92 Å². The maximum Gasteiger partial charge on any atom is 0.239 e. The minimum absolute atomic E-state index is 0.00607. The van der Waals surface area contributed by atoms with Crippen LogP contribution in [0.15, 0.2) is 24.3 Å². The molecule has 0 saturated heterocycles. The topological polar surface area (TPSA) is 29.1 Å². The maximum atomic E-state index is 10.8. The number of anilines is 1. The van der Waals surface area contributed by atoms with Crippen LogP contribution in [0.2, 0.25) is 0 Å². The van der Waals surface area contributed by atoms with Gasteiger partial charge < -0.3 is 5.32 Å². The second kappa shape index (κ2) is 7.39. The molecule has 14 heavy (non-hydrogen) atoms. The van der Waals surface area contributed by atoms with Crippen LogP contribution in [0.3, 0.4) is 0 Å². The predicted molar refractivity (Wildman–Crippen MR) is 61.9 cm³/mol. The molecule has 0 saturated carbocycles. The summed E-state index contributed by atoms with van der Waals surface area (Å²) in [7, 11) is 0. The molecule has 0 bridgehead atoms. The van der Waals surface area contributed by atoms with Crippen molar-refractivity contribution in [2.24, 2.45) is 0 Å². The van der Waals surface area contributed by atoms with E-state index in [0.717, 1.165) is 5.69 Å². The molecule has 0 atom stereocenters. The second-order valence-electron chi connectivity index (χ2n) is 2.55. The minimum Gasteiger partial charge on any atom is -0.325 e. The number of halogens is 1. The molecule has 0 unspecified atom stereocenters. The fourth-order valence-electron chi connectivity index (χ4n) is 0.831. The van der Waals surface area contributed by atoms with Crippen molar-refractivity contribution in [1.82, 2.24) is 0 Å². The third kappa shape index (κ3) is 4.87. The Hall–Kier alpha value is -1.02. The Morgan fingerprint density at radius 1 is 1.29 bits per heavy atom. The molecule has 0 fully saturated rings. The fraction of sp³-hybridized carbons (Fsp3) is 0.364. The van der Waals surface area contributed by atoms with E-state index < -0.39 is 0 Å².